The van der Waals surface area contributed by atoms with Crippen LogP contribution in [0.4, 0.5) is 4.79 Å². The predicted octanol–water partition coefficient (Wildman–Crippen LogP) is 3.84. The minimum absolute atomic E-state index is 0.239. The molecule has 1 aromatic heterocycles. The molecule has 0 atom stereocenters. The maximum absolute atomic E-state index is 12.7. The molecule has 6 nitrogen and oxygen atoms in total. The van der Waals surface area contributed by atoms with Gasteiger partial charge in [-0.25, -0.2) is 0 Å². The van der Waals surface area contributed by atoms with E-state index in [0.29, 0.717) is 28.1 Å². The number of amides is 2. The first-order chi connectivity index (χ1) is 13.5. The smallest absolute Gasteiger partial charge is 0.294 e. The molecule has 0 N–H and O–H groups in total. The Kier molecular flexibility index (Phi) is 5.59. The number of piperazine rings is 1. The van der Waals surface area contributed by atoms with Crippen molar-refractivity contribution in [1.82, 2.24) is 14.7 Å². The zero-order valence-electron chi connectivity index (χ0n) is 15.4. The first kappa shape index (κ1) is 19.3. The van der Waals surface area contributed by atoms with Crippen LogP contribution in [0.2, 0.25) is 5.02 Å². The number of benzene rings is 1. The number of rotatable bonds is 4. The van der Waals surface area contributed by atoms with E-state index in [4.69, 9.17) is 16.0 Å². The molecule has 3 heterocycles. The van der Waals surface area contributed by atoms with Crippen molar-refractivity contribution < 1.29 is 14.0 Å². The van der Waals surface area contributed by atoms with Gasteiger partial charge in [0.25, 0.3) is 11.1 Å². The summed E-state index contributed by atoms with van der Waals surface area (Å²) in [4.78, 5) is 31.1. The molecular formula is C20H20ClN3O3S. The van der Waals surface area contributed by atoms with E-state index in [1.54, 1.807) is 18.2 Å². The summed E-state index contributed by atoms with van der Waals surface area (Å²) in [6, 6.07) is 11.0. The van der Waals surface area contributed by atoms with E-state index in [-0.39, 0.29) is 11.1 Å². The van der Waals surface area contributed by atoms with E-state index in [2.05, 4.69) is 16.8 Å². The highest BCUT2D eigenvalue weighted by molar-refractivity contribution is 8.18. The number of likely N-dealkylation sites (N-methyl/N-ethyl adjacent to an activating group) is 1. The van der Waals surface area contributed by atoms with Crippen LogP contribution in [0.5, 0.6) is 0 Å². The van der Waals surface area contributed by atoms with Crippen molar-refractivity contribution >= 4 is 40.6 Å². The highest BCUT2D eigenvalue weighted by Gasteiger charge is 2.36. The van der Waals surface area contributed by atoms with E-state index < -0.39 is 0 Å². The van der Waals surface area contributed by atoms with E-state index in [9.17, 15) is 9.59 Å². The third kappa shape index (κ3) is 4.17. The van der Waals surface area contributed by atoms with Gasteiger partial charge in [-0.05, 0) is 43.1 Å². The maximum atomic E-state index is 12.7. The Morgan fingerprint density at radius 3 is 2.68 bits per heavy atom. The van der Waals surface area contributed by atoms with Gasteiger partial charge in [-0.3, -0.25) is 19.4 Å². The Morgan fingerprint density at radius 1 is 1.14 bits per heavy atom. The molecule has 8 heteroatoms. The van der Waals surface area contributed by atoms with Crippen molar-refractivity contribution in [1.29, 1.82) is 0 Å². The molecule has 0 saturated carbocycles. The molecule has 2 saturated heterocycles. The van der Waals surface area contributed by atoms with Crippen LogP contribution in [0.3, 0.4) is 0 Å². The lowest BCUT2D eigenvalue weighted by atomic mass is 10.2. The van der Waals surface area contributed by atoms with E-state index in [1.165, 1.54) is 4.90 Å². The van der Waals surface area contributed by atoms with Crippen LogP contribution < -0.4 is 0 Å². The molecular weight excluding hydrogens is 398 g/mol. The van der Waals surface area contributed by atoms with Gasteiger partial charge in [-0.1, -0.05) is 23.7 Å². The number of hydrogen-bond acceptors (Lipinski definition) is 6. The molecule has 2 amide bonds. The fourth-order valence-corrected chi connectivity index (χ4v) is 4.17. The molecule has 0 spiro atoms. The van der Waals surface area contributed by atoms with E-state index in [1.807, 2.05) is 24.3 Å². The lowest BCUT2D eigenvalue weighted by Crippen LogP contribution is -2.49. The van der Waals surface area contributed by atoms with Gasteiger partial charge < -0.3 is 9.32 Å². The van der Waals surface area contributed by atoms with Crippen molar-refractivity contribution in [3.63, 3.8) is 0 Å². The Bertz CT molecular complexity index is 934. The molecule has 2 aliphatic heterocycles. The largest absolute Gasteiger partial charge is 0.457 e. The summed E-state index contributed by atoms with van der Waals surface area (Å²) in [5.41, 5.74) is 0.857. The van der Waals surface area contributed by atoms with E-state index in [0.717, 1.165) is 43.5 Å². The number of furan rings is 1. The molecule has 0 radical (unpaired) electrons. The molecule has 2 aromatic rings. The summed E-state index contributed by atoms with van der Waals surface area (Å²) < 4.78 is 5.82. The normalized spacial score (nSPS) is 20.5. The lowest BCUT2D eigenvalue weighted by Gasteiger charge is -2.33. The molecule has 4 rings (SSSR count). The van der Waals surface area contributed by atoms with Crippen LogP contribution in [0.15, 0.2) is 45.7 Å². The van der Waals surface area contributed by atoms with Gasteiger partial charge in [0.2, 0.25) is 0 Å². The summed E-state index contributed by atoms with van der Waals surface area (Å²) in [6.07, 6.45) is 1.63. The molecule has 0 aliphatic carbocycles. The van der Waals surface area contributed by atoms with Gasteiger partial charge in [-0.2, -0.15) is 0 Å². The van der Waals surface area contributed by atoms with Gasteiger partial charge >= 0.3 is 0 Å². The van der Waals surface area contributed by atoms with Crippen LogP contribution in [-0.4, -0.2) is 65.7 Å². The highest BCUT2D eigenvalue weighted by atomic mass is 35.5. The summed E-state index contributed by atoms with van der Waals surface area (Å²) >= 11 is 6.98. The molecule has 0 bridgehead atoms. The maximum Gasteiger partial charge on any atom is 0.294 e. The van der Waals surface area contributed by atoms with Crippen molar-refractivity contribution in [2.75, 3.05) is 39.9 Å². The zero-order chi connectivity index (χ0) is 19.7. The summed E-state index contributed by atoms with van der Waals surface area (Å²) in [6.45, 7) is 3.90. The quantitative estimate of drug-likeness (QED) is 0.704. The zero-order valence-corrected chi connectivity index (χ0v) is 17.0. The van der Waals surface area contributed by atoms with Gasteiger partial charge in [0.15, 0.2) is 0 Å². The summed E-state index contributed by atoms with van der Waals surface area (Å²) in [5.74, 6) is 0.917. The second kappa shape index (κ2) is 8.13. The SMILES string of the molecule is CN1CCN(CN2C(=O)S/C(=C/c3ccc(-c4cccc(Cl)c4)o3)C2=O)CC1. The van der Waals surface area contributed by atoms with Crippen LogP contribution >= 0.6 is 23.4 Å². The number of thioether (sulfide) groups is 1. The molecule has 2 aliphatic rings. The Hall–Kier alpha value is -2.06. The highest BCUT2D eigenvalue weighted by Crippen LogP contribution is 2.33. The van der Waals surface area contributed by atoms with Crippen LogP contribution in [0.1, 0.15) is 5.76 Å². The number of carbonyl (C=O) groups is 2. The number of imide groups is 1. The molecule has 146 valence electrons. The van der Waals surface area contributed by atoms with E-state index >= 15 is 0 Å². The molecule has 1 aromatic carbocycles. The van der Waals surface area contributed by atoms with Gasteiger partial charge in [0.1, 0.15) is 11.5 Å². The first-order valence-electron chi connectivity index (χ1n) is 9.01. The standard InChI is InChI=1S/C20H20ClN3O3S/c1-22-7-9-23(10-8-22)13-24-19(25)18(28-20(24)26)12-16-5-6-17(27-16)14-3-2-4-15(21)11-14/h2-6,11-12H,7-10,13H2,1H3/b18-12+. The average molecular weight is 418 g/mol. The topological polar surface area (TPSA) is 57.0 Å². The minimum Gasteiger partial charge on any atom is -0.457 e. The molecule has 0 unspecified atom stereocenters. The van der Waals surface area contributed by atoms with Crippen LogP contribution in [0, 0.1) is 0 Å². The lowest BCUT2D eigenvalue weighted by molar-refractivity contribution is -0.124. The second-order valence-electron chi connectivity index (χ2n) is 6.88. The average Bonchev–Trinajstić information content (AvgIpc) is 3.24. The monoisotopic (exact) mass is 417 g/mol. The third-order valence-corrected chi connectivity index (χ3v) is 5.96. The number of hydrogen-bond donors (Lipinski definition) is 0. The van der Waals surface area contributed by atoms with Crippen molar-refractivity contribution in [3.8, 4) is 11.3 Å². The second-order valence-corrected chi connectivity index (χ2v) is 8.31. The van der Waals surface area contributed by atoms with Gasteiger partial charge in [0, 0.05) is 42.8 Å². The number of carbonyl (C=O) groups excluding carboxylic acids is 2. The number of nitrogens with zero attached hydrogens (tertiary/aromatic N) is 3. The van der Waals surface area contributed by atoms with Crippen molar-refractivity contribution in [3.05, 3.63) is 52.1 Å². The van der Waals surface area contributed by atoms with Crippen molar-refractivity contribution in [2.24, 2.45) is 0 Å². The first-order valence-corrected chi connectivity index (χ1v) is 10.2. The fraction of sp³-hybridized carbons (Fsp3) is 0.300. The van der Waals surface area contributed by atoms with Gasteiger partial charge in [0.05, 0.1) is 11.6 Å². The summed E-state index contributed by atoms with van der Waals surface area (Å²) in [7, 11) is 2.07. The Morgan fingerprint density at radius 2 is 1.93 bits per heavy atom. The molecule has 2 fully saturated rings. The number of halogens is 1. The Labute approximate surface area is 172 Å². The Balaban J connectivity index is 1.47. The summed E-state index contributed by atoms with van der Waals surface area (Å²) in [5, 5.41) is 0.386. The predicted molar refractivity (Wildman–Crippen MR) is 111 cm³/mol. The van der Waals surface area contributed by atoms with Gasteiger partial charge in [-0.15, -0.1) is 0 Å². The third-order valence-electron chi connectivity index (χ3n) is 4.82. The molecule has 28 heavy (non-hydrogen) atoms. The van der Waals surface area contributed by atoms with Crippen LogP contribution in [-0.2, 0) is 4.79 Å². The van der Waals surface area contributed by atoms with Crippen molar-refractivity contribution in [2.45, 2.75) is 0 Å². The fourth-order valence-electron chi connectivity index (χ4n) is 3.17. The minimum atomic E-state index is -0.269. The van der Waals surface area contributed by atoms with Crippen LogP contribution in [0.25, 0.3) is 17.4 Å².